The van der Waals surface area contributed by atoms with Gasteiger partial charge in [-0.3, -0.25) is 4.68 Å². The molecule has 2 N–H and O–H groups in total. The van der Waals surface area contributed by atoms with E-state index in [-0.39, 0.29) is 18.2 Å². The maximum absolute atomic E-state index is 12.5. The van der Waals surface area contributed by atoms with E-state index in [1.165, 1.54) is 0 Å². The number of amides is 2. The van der Waals surface area contributed by atoms with Crippen molar-refractivity contribution < 1.29 is 9.53 Å². The summed E-state index contributed by atoms with van der Waals surface area (Å²) in [5, 5.41) is 10.2. The maximum Gasteiger partial charge on any atom is 0.319 e. The molecule has 2 atom stereocenters. The number of rotatable bonds is 4. The molecule has 1 aromatic heterocycles. The minimum atomic E-state index is -0.219. The quantitative estimate of drug-likeness (QED) is 0.894. The summed E-state index contributed by atoms with van der Waals surface area (Å²) < 4.78 is 7.53. The lowest BCUT2D eigenvalue weighted by Crippen LogP contribution is -2.39. The lowest BCUT2D eigenvalue weighted by atomic mass is 10.1. The molecule has 0 radical (unpaired) electrons. The molecule has 0 aliphatic carbocycles. The topological polar surface area (TPSA) is 71.4 Å². The van der Waals surface area contributed by atoms with Crippen molar-refractivity contribution in [3.05, 3.63) is 41.7 Å². The van der Waals surface area contributed by atoms with E-state index in [1.807, 2.05) is 57.4 Å². The second kappa shape index (κ2) is 7.14. The third-order valence-electron chi connectivity index (χ3n) is 4.50. The molecule has 1 aromatic carbocycles. The fraction of sp³-hybridized carbons (Fsp3) is 0.444. The van der Waals surface area contributed by atoms with E-state index in [2.05, 4.69) is 15.7 Å². The summed E-state index contributed by atoms with van der Waals surface area (Å²) in [4.78, 5) is 14.5. The summed E-state index contributed by atoms with van der Waals surface area (Å²) in [5.74, 6) is 0. The Morgan fingerprint density at radius 1 is 1.40 bits per heavy atom. The molecule has 0 unspecified atom stereocenters. The Labute approximate surface area is 148 Å². The fourth-order valence-electron chi connectivity index (χ4n) is 3.22. The number of nitrogens with one attached hydrogen (secondary N) is 2. The highest BCUT2D eigenvalue weighted by molar-refractivity contribution is 5.91. The van der Waals surface area contributed by atoms with Crippen LogP contribution in [0.25, 0.3) is 0 Å². The molecule has 0 bridgehead atoms. The van der Waals surface area contributed by atoms with Crippen molar-refractivity contribution in [2.24, 2.45) is 7.05 Å². The van der Waals surface area contributed by atoms with Crippen LogP contribution in [0, 0.1) is 6.92 Å². The number of carbonyl (C=O) groups is 1. The highest BCUT2D eigenvalue weighted by atomic mass is 16.5. The first kappa shape index (κ1) is 17.3. The molecule has 7 nitrogen and oxygen atoms in total. The molecular weight excluding hydrogens is 318 g/mol. The third-order valence-corrected chi connectivity index (χ3v) is 4.50. The van der Waals surface area contributed by atoms with Gasteiger partial charge < -0.3 is 20.3 Å². The Hall–Kier alpha value is -2.54. The highest BCUT2D eigenvalue weighted by Gasteiger charge is 2.31. The van der Waals surface area contributed by atoms with Gasteiger partial charge in [-0.2, -0.15) is 5.10 Å². The van der Waals surface area contributed by atoms with Crippen molar-refractivity contribution in [1.29, 1.82) is 0 Å². The first-order valence-electron chi connectivity index (χ1n) is 8.40. The van der Waals surface area contributed by atoms with E-state index >= 15 is 0 Å². The third kappa shape index (κ3) is 3.76. The van der Waals surface area contributed by atoms with E-state index in [4.69, 9.17) is 4.74 Å². The summed E-state index contributed by atoms with van der Waals surface area (Å²) in [6, 6.07) is 5.59. The van der Waals surface area contributed by atoms with Gasteiger partial charge in [-0.25, -0.2) is 4.79 Å². The summed E-state index contributed by atoms with van der Waals surface area (Å²) in [6.45, 7) is 2.63. The van der Waals surface area contributed by atoms with E-state index in [9.17, 15) is 4.79 Å². The zero-order valence-corrected chi connectivity index (χ0v) is 15.1. The van der Waals surface area contributed by atoms with Crippen LogP contribution in [0.2, 0.25) is 0 Å². The van der Waals surface area contributed by atoms with Crippen molar-refractivity contribution >= 4 is 17.4 Å². The van der Waals surface area contributed by atoms with Gasteiger partial charge in [-0.15, -0.1) is 0 Å². The number of anilines is 2. The maximum atomic E-state index is 12.5. The molecule has 0 saturated carbocycles. The summed E-state index contributed by atoms with van der Waals surface area (Å²) in [6.07, 6.45) is 4.33. The van der Waals surface area contributed by atoms with Crippen molar-refractivity contribution in [3.63, 3.8) is 0 Å². The van der Waals surface area contributed by atoms with Gasteiger partial charge in [0.05, 0.1) is 12.2 Å². The molecule has 7 heteroatoms. The number of aryl methyl sites for hydroxylation is 1. The molecule has 25 heavy (non-hydrogen) atoms. The van der Waals surface area contributed by atoms with Crippen LogP contribution in [0.5, 0.6) is 0 Å². The normalized spacial score (nSPS) is 19.7. The molecule has 3 rings (SSSR count). The molecule has 2 aromatic rings. The molecule has 2 heterocycles. The van der Waals surface area contributed by atoms with Crippen LogP contribution in [0.1, 0.15) is 23.7 Å². The Kier molecular flexibility index (Phi) is 4.94. The second-order valence-electron chi connectivity index (χ2n) is 6.58. The number of urea groups is 1. The Balaban J connectivity index is 1.67. The first-order valence-corrected chi connectivity index (χ1v) is 8.40. The Bertz CT molecular complexity index is 756. The van der Waals surface area contributed by atoms with Gasteiger partial charge >= 0.3 is 6.03 Å². The lowest BCUT2D eigenvalue weighted by Gasteiger charge is -2.21. The average Bonchev–Trinajstić information content (AvgIpc) is 3.17. The van der Waals surface area contributed by atoms with Crippen molar-refractivity contribution in [1.82, 2.24) is 15.1 Å². The first-order chi connectivity index (χ1) is 12.0. The zero-order valence-electron chi connectivity index (χ0n) is 15.1. The SMILES string of the molecule is Cc1c(NC(=O)N[C@H]2CCO[C@@H]2c2cnn(C)c2)cccc1N(C)C. The Morgan fingerprint density at radius 2 is 2.20 bits per heavy atom. The van der Waals surface area contributed by atoms with Crippen LogP contribution in [0.15, 0.2) is 30.6 Å². The fourth-order valence-corrected chi connectivity index (χ4v) is 3.22. The second-order valence-corrected chi connectivity index (χ2v) is 6.58. The number of hydrogen-bond acceptors (Lipinski definition) is 4. The summed E-state index contributed by atoms with van der Waals surface area (Å²) in [7, 11) is 5.84. The molecular formula is C18H25N5O2. The van der Waals surface area contributed by atoms with E-state index in [1.54, 1.807) is 10.9 Å². The minimum Gasteiger partial charge on any atom is -0.377 e. The van der Waals surface area contributed by atoms with Gasteiger partial charge in [0.2, 0.25) is 0 Å². The molecule has 1 saturated heterocycles. The highest BCUT2D eigenvalue weighted by Crippen LogP contribution is 2.29. The van der Waals surface area contributed by atoms with E-state index < -0.39 is 0 Å². The van der Waals surface area contributed by atoms with Crippen LogP contribution < -0.4 is 15.5 Å². The lowest BCUT2D eigenvalue weighted by molar-refractivity contribution is 0.100. The van der Waals surface area contributed by atoms with Crippen LogP contribution >= 0.6 is 0 Å². The van der Waals surface area contributed by atoms with Gasteiger partial charge in [0.1, 0.15) is 6.10 Å². The largest absolute Gasteiger partial charge is 0.377 e. The molecule has 1 aliphatic heterocycles. The zero-order chi connectivity index (χ0) is 18.0. The molecule has 1 aliphatic rings. The number of nitrogens with zero attached hydrogens (tertiary/aromatic N) is 3. The molecule has 1 fully saturated rings. The number of carbonyl (C=O) groups excluding carboxylic acids is 1. The number of benzene rings is 1. The molecule has 0 spiro atoms. The number of aromatic nitrogens is 2. The summed E-state index contributed by atoms with van der Waals surface area (Å²) in [5.41, 5.74) is 3.90. The van der Waals surface area contributed by atoms with Crippen molar-refractivity contribution in [2.75, 3.05) is 30.9 Å². The minimum absolute atomic E-state index is 0.0680. The van der Waals surface area contributed by atoms with Gasteiger partial charge in [0.25, 0.3) is 0 Å². The van der Waals surface area contributed by atoms with Crippen LogP contribution in [-0.2, 0) is 11.8 Å². The van der Waals surface area contributed by atoms with Crippen LogP contribution in [0.4, 0.5) is 16.2 Å². The van der Waals surface area contributed by atoms with Gasteiger partial charge in [0.15, 0.2) is 0 Å². The monoisotopic (exact) mass is 343 g/mol. The predicted molar refractivity (Wildman–Crippen MR) is 98.0 cm³/mol. The van der Waals surface area contributed by atoms with E-state index in [0.717, 1.165) is 28.9 Å². The Morgan fingerprint density at radius 3 is 2.88 bits per heavy atom. The average molecular weight is 343 g/mol. The van der Waals surface area contributed by atoms with Crippen molar-refractivity contribution in [3.8, 4) is 0 Å². The van der Waals surface area contributed by atoms with Gasteiger partial charge in [0, 0.05) is 50.9 Å². The van der Waals surface area contributed by atoms with E-state index in [0.29, 0.717) is 6.61 Å². The van der Waals surface area contributed by atoms with Crippen molar-refractivity contribution in [2.45, 2.75) is 25.5 Å². The number of hydrogen-bond donors (Lipinski definition) is 2. The van der Waals surface area contributed by atoms with Gasteiger partial charge in [-0.05, 0) is 31.0 Å². The van der Waals surface area contributed by atoms with Gasteiger partial charge in [-0.1, -0.05) is 6.07 Å². The standard InChI is InChI=1S/C18H25N5O2/c1-12-14(6-5-7-16(12)22(2)3)20-18(24)21-15-8-9-25-17(15)13-10-19-23(4)11-13/h5-7,10-11,15,17H,8-9H2,1-4H3,(H2,20,21,24)/t15-,17+/m0/s1. The molecule has 2 amide bonds. The number of ether oxygens (including phenoxy) is 1. The predicted octanol–water partition coefficient (Wildman–Crippen LogP) is 2.45. The van der Waals surface area contributed by atoms with Crippen LogP contribution in [0.3, 0.4) is 0 Å². The smallest absolute Gasteiger partial charge is 0.319 e. The summed E-state index contributed by atoms with van der Waals surface area (Å²) >= 11 is 0. The van der Waals surface area contributed by atoms with Crippen LogP contribution in [-0.4, -0.2) is 42.6 Å². The molecule has 134 valence electrons.